The van der Waals surface area contributed by atoms with Crippen LogP contribution in [0.25, 0.3) is 0 Å². The summed E-state index contributed by atoms with van der Waals surface area (Å²) >= 11 is 0. The summed E-state index contributed by atoms with van der Waals surface area (Å²) in [4.78, 5) is 24.2. The molecular formula is C18H19N3O5S. The largest absolute Gasteiger partial charge is 0.508 e. The van der Waals surface area contributed by atoms with Crippen molar-refractivity contribution < 1.29 is 23.1 Å². The molecule has 142 valence electrons. The van der Waals surface area contributed by atoms with Crippen LogP contribution in [0.15, 0.2) is 53.4 Å². The third-order valence-electron chi connectivity index (χ3n) is 4.22. The van der Waals surface area contributed by atoms with E-state index in [0.717, 1.165) is 12.8 Å². The van der Waals surface area contributed by atoms with Crippen LogP contribution in [-0.2, 0) is 10.0 Å². The number of nitrogens with one attached hydrogen (secondary N) is 2. The van der Waals surface area contributed by atoms with Crippen LogP contribution in [-0.4, -0.2) is 42.7 Å². The predicted octanol–water partition coefficient (Wildman–Crippen LogP) is 1.25. The van der Waals surface area contributed by atoms with E-state index in [-0.39, 0.29) is 21.8 Å². The lowest BCUT2D eigenvalue weighted by Crippen LogP contribution is -2.41. The number of hydrazine groups is 1. The maximum Gasteiger partial charge on any atom is 0.269 e. The van der Waals surface area contributed by atoms with Gasteiger partial charge in [0.05, 0.1) is 4.90 Å². The Hall–Kier alpha value is -2.91. The molecule has 2 amide bonds. The number of amides is 2. The normalized spacial score (nSPS) is 14.7. The van der Waals surface area contributed by atoms with Gasteiger partial charge < -0.3 is 5.11 Å². The van der Waals surface area contributed by atoms with Crippen LogP contribution in [0.3, 0.4) is 0 Å². The first kappa shape index (κ1) is 18.9. The van der Waals surface area contributed by atoms with Crippen LogP contribution in [0.1, 0.15) is 33.6 Å². The highest BCUT2D eigenvalue weighted by Crippen LogP contribution is 2.21. The number of nitrogens with zero attached hydrogens (tertiary/aromatic N) is 1. The second kappa shape index (κ2) is 7.77. The summed E-state index contributed by atoms with van der Waals surface area (Å²) in [7, 11) is -3.54. The molecular weight excluding hydrogens is 370 g/mol. The molecule has 0 radical (unpaired) electrons. The van der Waals surface area contributed by atoms with Crippen molar-refractivity contribution in [3.8, 4) is 5.75 Å². The first-order valence-electron chi connectivity index (χ1n) is 8.38. The molecule has 0 bridgehead atoms. The van der Waals surface area contributed by atoms with Crippen molar-refractivity contribution in [3.63, 3.8) is 0 Å². The molecule has 9 heteroatoms. The lowest BCUT2D eigenvalue weighted by molar-refractivity contribution is 0.0846. The van der Waals surface area contributed by atoms with E-state index in [2.05, 4.69) is 10.9 Å². The highest BCUT2D eigenvalue weighted by Gasteiger charge is 2.27. The molecule has 3 rings (SSSR count). The van der Waals surface area contributed by atoms with Crippen molar-refractivity contribution in [2.75, 3.05) is 13.1 Å². The summed E-state index contributed by atoms with van der Waals surface area (Å²) < 4.78 is 26.4. The average molecular weight is 389 g/mol. The molecule has 1 heterocycles. The highest BCUT2D eigenvalue weighted by atomic mass is 32.2. The second-order valence-electron chi connectivity index (χ2n) is 6.09. The van der Waals surface area contributed by atoms with Crippen LogP contribution < -0.4 is 10.9 Å². The Labute approximate surface area is 156 Å². The van der Waals surface area contributed by atoms with Gasteiger partial charge in [-0.05, 0) is 55.3 Å². The number of carbonyl (C=O) groups is 2. The van der Waals surface area contributed by atoms with Crippen molar-refractivity contribution in [1.82, 2.24) is 15.2 Å². The fourth-order valence-electron chi connectivity index (χ4n) is 2.76. The molecule has 1 fully saturated rings. The molecule has 3 N–H and O–H groups in total. The fraction of sp³-hybridized carbons (Fsp3) is 0.222. The SMILES string of the molecule is O=C(NNC(=O)c1cccc(O)c1)c1ccc(S(=O)(=O)N2CCCC2)cc1. The number of sulfonamides is 1. The summed E-state index contributed by atoms with van der Waals surface area (Å²) in [5, 5.41) is 9.37. The van der Waals surface area contributed by atoms with Crippen LogP contribution in [0.5, 0.6) is 5.75 Å². The summed E-state index contributed by atoms with van der Waals surface area (Å²) in [6, 6.07) is 11.2. The molecule has 0 spiro atoms. The Balaban J connectivity index is 1.63. The average Bonchev–Trinajstić information content (AvgIpc) is 3.21. The monoisotopic (exact) mass is 389 g/mol. The molecule has 0 saturated carbocycles. The zero-order valence-corrected chi connectivity index (χ0v) is 15.2. The van der Waals surface area contributed by atoms with Crippen molar-refractivity contribution in [3.05, 3.63) is 59.7 Å². The number of hydrogen-bond acceptors (Lipinski definition) is 5. The number of phenolic OH excluding ortho intramolecular Hbond substituents is 1. The Kier molecular flexibility index (Phi) is 5.43. The molecule has 0 atom stereocenters. The van der Waals surface area contributed by atoms with Gasteiger partial charge in [-0.15, -0.1) is 0 Å². The van der Waals surface area contributed by atoms with Gasteiger partial charge in [0.25, 0.3) is 11.8 Å². The fourth-order valence-corrected chi connectivity index (χ4v) is 4.28. The molecule has 27 heavy (non-hydrogen) atoms. The van der Waals surface area contributed by atoms with Crippen molar-refractivity contribution >= 4 is 21.8 Å². The van der Waals surface area contributed by atoms with Gasteiger partial charge in [0, 0.05) is 24.2 Å². The zero-order valence-electron chi connectivity index (χ0n) is 14.4. The maximum atomic E-state index is 12.5. The van der Waals surface area contributed by atoms with Crippen molar-refractivity contribution in [2.24, 2.45) is 0 Å². The molecule has 8 nitrogen and oxygen atoms in total. The van der Waals surface area contributed by atoms with E-state index in [9.17, 15) is 23.1 Å². The molecule has 1 saturated heterocycles. The lowest BCUT2D eigenvalue weighted by atomic mass is 10.2. The smallest absolute Gasteiger partial charge is 0.269 e. The van der Waals surface area contributed by atoms with E-state index in [4.69, 9.17) is 0 Å². The Morgan fingerprint density at radius 2 is 1.48 bits per heavy atom. The molecule has 0 aromatic heterocycles. The second-order valence-corrected chi connectivity index (χ2v) is 8.03. The van der Waals surface area contributed by atoms with Crippen LogP contribution in [0.2, 0.25) is 0 Å². The molecule has 1 aliphatic rings. The first-order valence-corrected chi connectivity index (χ1v) is 9.82. The van der Waals surface area contributed by atoms with Gasteiger partial charge in [0.15, 0.2) is 0 Å². The predicted molar refractivity (Wildman–Crippen MR) is 97.5 cm³/mol. The number of aromatic hydroxyl groups is 1. The lowest BCUT2D eigenvalue weighted by Gasteiger charge is -2.15. The van der Waals surface area contributed by atoms with E-state index < -0.39 is 21.8 Å². The van der Waals surface area contributed by atoms with E-state index in [1.54, 1.807) is 0 Å². The van der Waals surface area contributed by atoms with Crippen molar-refractivity contribution in [1.29, 1.82) is 0 Å². The van der Waals surface area contributed by atoms with Crippen LogP contribution in [0.4, 0.5) is 0 Å². The third-order valence-corrected chi connectivity index (χ3v) is 6.13. The van der Waals surface area contributed by atoms with Gasteiger partial charge in [-0.1, -0.05) is 6.07 Å². The van der Waals surface area contributed by atoms with Gasteiger partial charge in [-0.25, -0.2) is 8.42 Å². The number of rotatable bonds is 4. The maximum absolute atomic E-state index is 12.5. The van der Waals surface area contributed by atoms with Gasteiger partial charge in [-0.2, -0.15) is 4.31 Å². The highest BCUT2D eigenvalue weighted by molar-refractivity contribution is 7.89. The van der Waals surface area contributed by atoms with Crippen LogP contribution >= 0.6 is 0 Å². The third kappa shape index (κ3) is 4.26. The molecule has 0 aliphatic carbocycles. The van der Waals surface area contributed by atoms with Gasteiger partial charge in [-0.3, -0.25) is 20.4 Å². The molecule has 2 aromatic carbocycles. The minimum Gasteiger partial charge on any atom is -0.508 e. The topological polar surface area (TPSA) is 116 Å². The minimum atomic E-state index is -3.54. The van der Waals surface area contributed by atoms with E-state index >= 15 is 0 Å². The first-order chi connectivity index (χ1) is 12.9. The van der Waals surface area contributed by atoms with Gasteiger partial charge >= 0.3 is 0 Å². The molecule has 0 unspecified atom stereocenters. The number of carbonyl (C=O) groups excluding carboxylic acids is 2. The molecule has 2 aromatic rings. The number of hydrogen-bond donors (Lipinski definition) is 3. The minimum absolute atomic E-state index is 0.0659. The number of benzene rings is 2. The number of phenols is 1. The Morgan fingerprint density at radius 3 is 2.07 bits per heavy atom. The summed E-state index contributed by atoms with van der Waals surface area (Å²) in [6.07, 6.45) is 1.69. The van der Waals surface area contributed by atoms with Gasteiger partial charge in [0.2, 0.25) is 10.0 Å². The summed E-state index contributed by atoms with van der Waals surface area (Å²) in [5.74, 6) is -1.25. The van der Waals surface area contributed by atoms with Crippen molar-refractivity contribution in [2.45, 2.75) is 17.7 Å². The van der Waals surface area contributed by atoms with E-state index in [1.165, 1.54) is 52.8 Å². The van der Waals surface area contributed by atoms with E-state index in [1.807, 2.05) is 0 Å². The van der Waals surface area contributed by atoms with E-state index in [0.29, 0.717) is 13.1 Å². The Bertz CT molecular complexity index is 951. The zero-order chi connectivity index (χ0) is 19.4. The quantitative estimate of drug-likeness (QED) is 0.681. The van der Waals surface area contributed by atoms with Gasteiger partial charge in [0.1, 0.15) is 5.75 Å². The summed E-state index contributed by atoms with van der Waals surface area (Å²) in [6.45, 7) is 1.01. The summed E-state index contributed by atoms with van der Waals surface area (Å²) in [5.41, 5.74) is 4.87. The standard InChI is InChI=1S/C18H19N3O5S/c22-15-5-3-4-14(12-15)18(24)20-19-17(23)13-6-8-16(9-7-13)27(25,26)21-10-1-2-11-21/h3-9,12,22H,1-2,10-11H2,(H,19,23)(H,20,24). The Morgan fingerprint density at radius 1 is 0.889 bits per heavy atom. The van der Waals surface area contributed by atoms with Crippen LogP contribution in [0, 0.1) is 0 Å². The molecule has 1 aliphatic heterocycles.